The van der Waals surface area contributed by atoms with E-state index in [2.05, 4.69) is 38.7 Å². The molecule has 1 N–H and O–H groups in total. The molecule has 3 rings (SSSR count). The molecule has 146 valence electrons. The fourth-order valence-corrected chi connectivity index (χ4v) is 3.84. The van der Waals surface area contributed by atoms with E-state index in [9.17, 15) is 5.11 Å². The number of hydrogen-bond acceptors (Lipinski definition) is 4. The van der Waals surface area contributed by atoms with Crippen LogP contribution in [0.2, 0.25) is 0 Å². The maximum atomic E-state index is 10.4. The zero-order chi connectivity index (χ0) is 18.0. The first-order valence-electron chi connectivity index (χ1n) is 9.56. The number of rotatable bonds is 7. The highest BCUT2D eigenvalue weighted by atomic mass is 35.5. The molecule has 0 aliphatic heterocycles. The number of ether oxygens (including phenoxy) is 1. The number of aryl methyl sites for hydroxylation is 2. The van der Waals surface area contributed by atoms with E-state index in [1.165, 1.54) is 23.8 Å². The second kappa shape index (κ2) is 9.12. The van der Waals surface area contributed by atoms with Crippen molar-refractivity contribution in [1.29, 1.82) is 0 Å². The molecule has 1 heterocycles. The third-order valence-corrected chi connectivity index (χ3v) is 5.12. The van der Waals surface area contributed by atoms with E-state index in [1.807, 2.05) is 12.1 Å². The molecule has 26 heavy (non-hydrogen) atoms. The van der Waals surface area contributed by atoms with Gasteiger partial charge in [-0.05, 0) is 65.2 Å². The smallest absolute Gasteiger partial charge is 0.134 e. The van der Waals surface area contributed by atoms with Crippen LogP contribution in [0.5, 0.6) is 5.75 Å². The molecule has 1 aliphatic rings. The van der Waals surface area contributed by atoms with Crippen molar-refractivity contribution in [3.05, 3.63) is 29.5 Å². The number of aliphatic hydroxyl groups is 1. The van der Waals surface area contributed by atoms with Crippen molar-refractivity contribution in [1.82, 2.24) is 4.90 Å². The van der Waals surface area contributed by atoms with Gasteiger partial charge in [-0.3, -0.25) is 4.90 Å². The van der Waals surface area contributed by atoms with Gasteiger partial charge in [-0.2, -0.15) is 0 Å². The molecule has 0 radical (unpaired) electrons. The zero-order valence-electron chi connectivity index (χ0n) is 16.3. The van der Waals surface area contributed by atoms with Crippen LogP contribution in [0.1, 0.15) is 51.9 Å². The second-order valence-electron chi connectivity index (χ2n) is 7.72. The average molecular weight is 382 g/mol. The first-order chi connectivity index (χ1) is 12.0. The van der Waals surface area contributed by atoms with Gasteiger partial charge in [0.2, 0.25) is 0 Å². The molecule has 1 atom stereocenters. The van der Waals surface area contributed by atoms with E-state index in [-0.39, 0.29) is 12.4 Å². The maximum absolute atomic E-state index is 10.4. The van der Waals surface area contributed by atoms with E-state index in [1.54, 1.807) is 0 Å². The van der Waals surface area contributed by atoms with Gasteiger partial charge in [-0.1, -0.05) is 0 Å². The number of nitrogens with zero attached hydrogens (tertiary/aromatic N) is 1. The summed E-state index contributed by atoms with van der Waals surface area (Å²) >= 11 is 0. The molecule has 2 aromatic rings. The Labute approximate surface area is 162 Å². The molecule has 0 bridgehead atoms. The number of aliphatic hydroxyl groups excluding tert-OH is 1. The van der Waals surface area contributed by atoms with Crippen LogP contribution in [-0.2, 0) is 12.8 Å². The highest BCUT2D eigenvalue weighted by molar-refractivity contribution is 5.85. The number of furan rings is 1. The number of hydrogen-bond donors (Lipinski definition) is 1. The van der Waals surface area contributed by atoms with Crippen LogP contribution in [0.4, 0.5) is 0 Å². The highest BCUT2D eigenvalue weighted by Gasteiger charge is 2.20. The number of fused-ring (bicyclic) bond motifs is 3. The minimum atomic E-state index is -0.501. The average Bonchev–Trinajstić information content (AvgIpc) is 2.95. The van der Waals surface area contributed by atoms with E-state index in [4.69, 9.17) is 9.15 Å². The quantitative estimate of drug-likeness (QED) is 0.761. The Morgan fingerprint density at radius 2 is 1.81 bits per heavy atom. The van der Waals surface area contributed by atoms with Crippen molar-refractivity contribution in [3.8, 4) is 5.75 Å². The van der Waals surface area contributed by atoms with E-state index in [0.29, 0.717) is 25.2 Å². The Morgan fingerprint density at radius 3 is 2.50 bits per heavy atom. The highest BCUT2D eigenvalue weighted by Crippen LogP contribution is 2.33. The van der Waals surface area contributed by atoms with E-state index >= 15 is 0 Å². The molecular weight excluding hydrogens is 350 g/mol. The van der Waals surface area contributed by atoms with Crippen LogP contribution >= 0.6 is 12.4 Å². The monoisotopic (exact) mass is 381 g/mol. The summed E-state index contributed by atoms with van der Waals surface area (Å²) in [5, 5.41) is 11.5. The Hall–Kier alpha value is -1.23. The van der Waals surface area contributed by atoms with Crippen LogP contribution in [0.15, 0.2) is 22.6 Å². The molecule has 0 amide bonds. The molecule has 1 aromatic carbocycles. The lowest BCUT2D eigenvalue weighted by Gasteiger charge is -2.32. The normalized spacial score (nSPS) is 15.4. The SMILES string of the molecule is CC(C)N(CC(O)COc1ccc2oc3c(c2c1)CCCC3)C(C)C.Cl. The minimum absolute atomic E-state index is 0. The topological polar surface area (TPSA) is 45.8 Å². The standard InChI is InChI=1S/C21H31NO3.ClH/c1-14(2)22(15(3)4)12-16(23)13-24-17-9-10-21-19(11-17)18-7-5-6-8-20(18)25-21;/h9-11,14-16,23H,5-8,12-13H2,1-4H3;1H. The largest absolute Gasteiger partial charge is 0.491 e. The van der Waals surface area contributed by atoms with Crippen molar-refractivity contribution >= 4 is 23.4 Å². The fourth-order valence-electron chi connectivity index (χ4n) is 3.84. The fraction of sp³-hybridized carbons (Fsp3) is 0.619. The van der Waals surface area contributed by atoms with Gasteiger partial charge < -0.3 is 14.3 Å². The van der Waals surface area contributed by atoms with Gasteiger partial charge in [0, 0.05) is 36.0 Å². The van der Waals surface area contributed by atoms with E-state index in [0.717, 1.165) is 29.9 Å². The summed E-state index contributed by atoms with van der Waals surface area (Å²) in [6, 6.07) is 6.81. The van der Waals surface area contributed by atoms with Gasteiger partial charge in [0.15, 0.2) is 0 Å². The molecule has 0 fully saturated rings. The van der Waals surface area contributed by atoms with Crippen LogP contribution < -0.4 is 4.74 Å². The van der Waals surface area contributed by atoms with Crippen LogP contribution in [0.25, 0.3) is 11.0 Å². The Balaban J connectivity index is 0.00000243. The lowest BCUT2D eigenvalue weighted by Crippen LogP contribution is -2.43. The van der Waals surface area contributed by atoms with Crippen LogP contribution in [0.3, 0.4) is 0 Å². The second-order valence-corrected chi connectivity index (χ2v) is 7.72. The molecule has 5 heteroatoms. The predicted octanol–water partition coefficient (Wildman–Crippen LogP) is 4.59. The molecule has 0 saturated heterocycles. The summed E-state index contributed by atoms with van der Waals surface area (Å²) in [6.45, 7) is 9.56. The van der Waals surface area contributed by atoms with Crippen molar-refractivity contribution in [3.63, 3.8) is 0 Å². The van der Waals surface area contributed by atoms with Gasteiger partial charge in [-0.15, -0.1) is 12.4 Å². The molecule has 1 aromatic heterocycles. The predicted molar refractivity (Wildman–Crippen MR) is 109 cm³/mol. The van der Waals surface area contributed by atoms with Crippen molar-refractivity contribution < 1.29 is 14.3 Å². The molecule has 0 spiro atoms. The lowest BCUT2D eigenvalue weighted by molar-refractivity contribution is 0.0446. The van der Waals surface area contributed by atoms with Gasteiger partial charge in [0.05, 0.1) is 0 Å². The summed E-state index contributed by atoms with van der Waals surface area (Å²) < 4.78 is 11.8. The lowest BCUT2D eigenvalue weighted by atomic mass is 9.96. The van der Waals surface area contributed by atoms with Gasteiger partial charge in [-0.25, -0.2) is 0 Å². The van der Waals surface area contributed by atoms with Crippen molar-refractivity contribution in [2.24, 2.45) is 0 Å². The zero-order valence-corrected chi connectivity index (χ0v) is 17.1. The molecule has 4 nitrogen and oxygen atoms in total. The van der Waals surface area contributed by atoms with Crippen molar-refractivity contribution in [2.75, 3.05) is 13.2 Å². The van der Waals surface area contributed by atoms with Crippen LogP contribution in [-0.4, -0.2) is 41.3 Å². The van der Waals surface area contributed by atoms with Crippen LogP contribution in [0, 0.1) is 0 Å². The first kappa shape index (κ1) is 21.1. The first-order valence-corrected chi connectivity index (χ1v) is 9.56. The Bertz CT molecular complexity index is 703. The van der Waals surface area contributed by atoms with Gasteiger partial charge >= 0.3 is 0 Å². The minimum Gasteiger partial charge on any atom is -0.491 e. The molecule has 0 saturated carbocycles. The summed E-state index contributed by atoms with van der Waals surface area (Å²) in [6.07, 6.45) is 4.07. The number of benzene rings is 1. The molecule has 1 unspecified atom stereocenters. The third kappa shape index (κ3) is 4.73. The third-order valence-electron chi connectivity index (χ3n) is 5.12. The van der Waals surface area contributed by atoms with Gasteiger partial charge in [0.1, 0.15) is 29.8 Å². The van der Waals surface area contributed by atoms with E-state index < -0.39 is 6.10 Å². The van der Waals surface area contributed by atoms with Gasteiger partial charge in [0.25, 0.3) is 0 Å². The Kier molecular flexibility index (Phi) is 7.39. The summed E-state index contributed by atoms with van der Waals surface area (Å²) in [5.74, 6) is 1.95. The molecule has 1 aliphatic carbocycles. The summed E-state index contributed by atoms with van der Waals surface area (Å²) in [5.41, 5.74) is 2.30. The number of halogens is 1. The van der Waals surface area contributed by atoms with Crippen molar-refractivity contribution in [2.45, 2.75) is 71.6 Å². The Morgan fingerprint density at radius 1 is 1.12 bits per heavy atom. The maximum Gasteiger partial charge on any atom is 0.134 e. The molecular formula is C21H32ClNO3. The summed E-state index contributed by atoms with van der Waals surface area (Å²) in [7, 11) is 0. The summed E-state index contributed by atoms with van der Waals surface area (Å²) in [4.78, 5) is 2.28.